The second-order valence-electron chi connectivity index (χ2n) is 6.87. The molecule has 3 aliphatic rings. The Kier molecular flexibility index (Phi) is 4.42. The van der Waals surface area contributed by atoms with Crippen LogP contribution in [0.25, 0.3) is 0 Å². The minimum Gasteiger partial charge on any atom is -0.352 e. The molecule has 1 aliphatic heterocycles. The van der Waals surface area contributed by atoms with E-state index in [-0.39, 0.29) is 0 Å². The van der Waals surface area contributed by atoms with Crippen LogP contribution in [0, 0.1) is 17.8 Å². The zero-order chi connectivity index (χ0) is 13.1. The molecule has 4 unspecified atom stereocenters. The van der Waals surface area contributed by atoms with Gasteiger partial charge in [-0.2, -0.15) is 0 Å². The SMILES string of the molecule is O=C(NC1CCCNC1)C1CCC2CCCCC2C1. The molecule has 2 saturated carbocycles. The Morgan fingerprint density at radius 2 is 1.79 bits per heavy atom. The molecule has 0 radical (unpaired) electrons. The molecule has 1 heterocycles. The first-order valence-electron chi connectivity index (χ1n) is 8.34. The van der Waals surface area contributed by atoms with Gasteiger partial charge < -0.3 is 10.6 Å². The van der Waals surface area contributed by atoms with Gasteiger partial charge in [-0.3, -0.25) is 4.79 Å². The molecular formula is C16H28N2O. The number of piperidine rings is 1. The van der Waals surface area contributed by atoms with Crippen LogP contribution in [0.5, 0.6) is 0 Å². The van der Waals surface area contributed by atoms with E-state index in [1.807, 2.05) is 0 Å². The number of rotatable bonds is 2. The highest BCUT2D eigenvalue weighted by atomic mass is 16.1. The molecule has 0 bridgehead atoms. The summed E-state index contributed by atoms with van der Waals surface area (Å²) in [5.74, 6) is 2.44. The average Bonchev–Trinajstić information content (AvgIpc) is 2.48. The van der Waals surface area contributed by atoms with Crippen molar-refractivity contribution in [2.24, 2.45) is 17.8 Å². The number of hydrogen-bond donors (Lipinski definition) is 2. The van der Waals surface area contributed by atoms with E-state index in [1.165, 1.54) is 38.5 Å². The van der Waals surface area contributed by atoms with Gasteiger partial charge in [0.2, 0.25) is 5.91 Å². The number of carbonyl (C=O) groups excluding carboxylic acids is 1. The van der Waals surface area contributed by atoms with Crippen LogP contribution in [0.3, 0.4) is 0 Å². The summed E-state index contributed by atoms with van der Waals surface area (Å²) in [6, 6.07) is 0.380. The lowest BCUT2D eigenvalue weighted by atomic mass is 9.67. The number of carbonyl (C=O) groups is 1. The summed E-state index contributed by atoms with van der Waals surface area (Å²) in [5.41, 5.74) is 0. The number of fused-ring (bicyclic) bond motifs is 1. The van der Waals surface area contributed by atoms with Crippen molar-refractivity contribution < 1.29 is 4.79 Å². The molecule has 3 rings (SSSR count). The minimum absolute atomic E-state index is 0.307. The van der Waals surface area contributed by atoms with Gasteiger partial charge in [-0.15, -0.1) is 0 Å². The van der Waals surface area contributed by atoms with Crippen LogP contribution >= 0.6 is 0 Å². The highest BCUT2D eigenvalue weighted by Crippen LogP contribution is 2.42. The Morgan fingerprint density at radius 3 is 2.58 bits per heavy atom. The lowest BCUT2D eigenvalue weighted by Gasteiger charge is -2.39. The topological polar surface area (TPSA) is 41.1 Å². The Morgan fingerprint density at radius 1 is 0.947 bits per heavy atom. The maximum absolute atomic E-state index is 12.4. The summed E-state index contributed by atoms with van der Waals surface area (Å²) in [6.07, 6.45) is 11.5. The molecule has 2 aliphatic carbocycles. The number of amides is 1. The molecule has 3 heteroatoms. The summed E-state index contributed by atoms with van der Waals surface area (Å²) in [6.45, 7) is 2.07. The van der Waals surface area contributed by atoms with Gasteiger partial charge in [0, 0.05) is 18.5 Å². The third-order valence-electron chi connectivity index (χ3n) is 5.55. The van der Waals surface area contributed by atoms with E-state index in [0.717, 1.165) is 44.2 Å². The van der Waals surface area contributed by atoms with Crippen molar-refractivity contribution in [1.29, 1.82) is 0 Å². The van der Waals surface area contributed by atoms with E-state index < -0.39 is 0 Å². The summed E-state index contributed by atoms with van der Waals surface area (Å²) in [5, 5.41) is 6.66. The fraction of sp³-hybridized carbons (Fsp3) is 0.938. The first kappa shape index (κ1) is 13.4. The highest BCUT2D eigenvalue weighted by molar-refractivity contribution is 5.79. The van der Waals surface area contributed by atoms with Crippen LogP contribution in [0.15, 0.2) is 0 Å². The van der Waals surface area contributed by atoms with E-state index in [2.05, 4.69) is 10.6 Å². The first-order chi connectivity index (χ1) is 9.33. The standard InChI is InChI=1S/C16H28N2O/c19-16(18-15-6-3-9-17-11-15)14-8-7-12-4-1-2-5-13(12)10-14/h12-15,17H,1-11H2,(H,18,19). The van der Waals surface area contributed by atoms with Crippen LogP contribution in [-0.4, -0.2) is 25.0 Å². The summed E-state index contributed by atoms with van der Waals surface area (Å²) < 4.78 is 0. The quantitative estimate of drug-likeness (QED) is 0.804. The van der Waals surface area contributed by atoms with Gasteiger partial charge in [-0.1, -0.05) is 25.7 Å². The monoisotopic (exact) mass is 264 g/mol. The fourth-order valence-electron chi connectivity index (χ4n) is 4.41. The third-order valence-corrected chi connectivity index (χ3v) is 5.55. The molecule has 4 atom stereocenters. The molecular weight excluding hydrogens is 236 g/mol. The van der Waals surface area contributed by atoms with E-state index >= 15 is 0 Å². The Labute approximate surface area is 116 Å². The maximum Gasteiger partial charge on any atom is 0.223 e. The molecule has 3 nitrogen and oxygen atoms in total. The predicted octanol–water partition coefficient (Wildman–Crippen LogP) is 2.46. The fourth-order valence-corrected chi connectivity index (χ4v) is 4.41. The van der Waals surface area contributed by atoms with Gasteiger partial charge in [-0.05, 0) is 50.5 Å². The molecule has 0 spiro atoms. The maximum atomic E-state index is 12.4. The minimum atomic E-state index is 0.307. The third kappa shape index (κ3) is 3.31. The van der Waals surface area contributed by atoms with Crippen molar-refractivity contribution in [1.82, 2.24) is 10.6 Å². The van der Waals surface area contributed by atoms with Crippen LogP contribution in [-0.2, 0) is 4.79 Å². The molecule has 0 aromatic carbocycles. The average molecular weight is 264 g/mol. The normalized spacial score (nSPS) is 39.4. The second kappa shape index (κ2) is 6.25. The van der Waals surface area contributed by atoms with Gasteiger partial charge in [0.25, 0.3) is 0 Å². The van der Waals surface area contributed by atoms with E-state index in [9.17, 15) is 4.79 Å². The highest BCUT2D eigenvalue weighted by Gasteiger charge is 2.35. The van der Waals surface area contributed by atoms with Gasteiger partial charge in [-0.25, -0.2) is 0 Å². The van der Waals surface area contributed by atoms with Crippen molar-refractivity contribution in [3.8, 4) is 0 Å². The van der Waals surface area contributed by atoms with Crippen molar-refractivity contribution in [3.05, 3.63) is 0 Å². The molecule has 1 amide bonds. The van der Waals surface area contributed by atoms with Crippen LogP contribution in [0.4, 0.5) is 0 Å². The Balaban J connectivity index is 1.49. The van der Waals surface area contributed by atoms with Crippen LogP contribution < -0.4 is 10.6 Å². The summed E-state index contributed by atoms with van der Waals surface area (Å²) in [4.78, 5) is 12.4. The van der Waals surface area contributed by atoms with E-state index in [0.29, 0.717) is 17.9 Å². The summed E-state index contributed by atoms with van der Waals surface area (Å²) >= 11 is 0. The van der Waals surface area contributed by atoms with E-state index in [4.69, 9.17) is 0 Å². The second-order valence-corrected chi connectivity index (χ2v) is 6.87. The van der Waals surface area contributed by atoms with Gasteiger partial charge >= 0.3 is 0 Å². The van der Waals surface area contributed by atoms with Crippen molar-refractivity contribution in [2.75, 3.05) is 13.1 Å². The number of nitrogens with one attached hydrogen (secondary N) is 2. The smallest absolute Gasteiger partial charge is 0.223 e. The Hall–Kier alpha value is -0.570. The zero-order valence-electron chi connectivity index (χ0n) is 12.0. The molecule has 19 heavy (non-hydrogen) atoms. The molecule has 1 saturated heterocycles. The first-order valence-corrected chi connectivity index (χ1v) is 8.34. The number of hydrogen-bond acceptors (Lipinski definition) is 2. The van der Waals surface area contributed by atoms with Gasteiger partial charge in [0.15, 0.2) is 0 Å². The van der Waals surface area contributed by atoms with E-state index in [1.54, 1.807) is 0 Å². The largest absolute Gasteiger partial charge is 0.352 e. The van der Waals surface area contributed by atoms with Crippen molar-refractivity contribution >= 4 is 5.91 Å². The lowest BCUT2D eigenvalue weighted by molar-refractivity contribution is -0.128. The molecule has 0 aromatic heterocycles. The molecule has 2 N–H and O–H groups in total. The van der Waals surface area contributed by atoms with Crippen LogP contribution in [0.2, 0.25) is 0 Å². The van der Waals surface area contributed by atoms with Gasteiger partial charge in [0.1, 0.15) is 0 Å². The summed E-state index contributed by atoms with van der Waals surface area (Å²) in [7, 11) is 0. The predicted molar refractivity (Wildman–Crippen MR) is 76.8 cm³/mol. The zero-order valence-corrected chi connectivity index (χ0v) is 12.0. The van der Waals surface area contributed by atoms with Gasteiger partial charge in [0.05, 0.1) is 0 Å². The molecule has 108 valence electrons. The van der Waals surface area contributed by atoms with Crippen molar-refractivity contribution in [3.63, 3.8) is 0 Å². The molecule has 3 fully saturated rings. The lowest BCUT2D eigenvalue weighted by Crippen LogP contribution is -2.48. The Bertz CT molecular complexity index is 312. The van der Waals surface area contributed by atoms with Crippen LogP contribution in [0.1, 0.15) is 57.8 Å². The van der Waals surface area contributed by atoms with Crippen molar-refractivity contribution in [2.45, 2.75) is 63.8 Å². The molecule has 0 aromatic rings.